The fourth-order valence-corrected chi connectivity index (χ4v) is 3.66. The van der Waals surface area contributed by atoms with Crippen LogP contribution >= 0.6 is 0 Å². The highest BCUT2D eigenvalue weighted by Gasteiger charge is 2.35. The molecular weight excluding hydrogens is 254 g/mol. The van der Waals surface area contributed by atoms with Crippen LogP contribution in [0.25, 0.3) is 0 Å². The molecule has 0 heterocycles. The molecule has 0 bridgehead atoms. The van der Waals surface area contributed by atoms with Crippen LogP contribution in [0.3, 0.4) is 0 Å². The standard InChI is InChI=1S/C20H33N/c1-6-16-7-9-17(10-8-16)19-13-20(4,5)12-11-18(19)14-21-15(2)3/h7-10,15,18-19,21H,6,11-14H2,1-5H3. The Morgan fingerprint density at radius 2 is 1.86 bits per heavy atom. The van der Waals surface area contributed by atoms with E-state index >= 15 is 0 Å². The van der Waals surface area contributed by atoms with Crippen LogP contribution in [0.1, 0.15) is 70.9 Å². The largest absolute Gasteiger partial charge is 0.314 e. The molecule has 0 aromatic heterocycles. The van der Waals surface area contributed by atoms with Gasteiger partial charge >= 0.3 is 0 Å². The first kappa shape index (κ1) is 16.5. The third-order valence-corrected chi connectivity index (χ3v) is 5.14. The fraction of sp³-hybridized carbons (Fsp3) is 0.700. The third-order valence-electron chi connectivity index (χ3n) is 5.14. The lowest BCUT2D eigenvalue weighted by atomic mass is 9.65. The van der Waals surface area contributed by atoms with Crippen molar-refractivity contribution >= 4 is 0 Å². The summed E-state index contributed by atoms with van der Waals surface area (Å²) in [6.45, 7) is 12.8. The normalized spacial score (nSPS) is 25.2. The van der Waals surface area contributed by atoms with Crippen LogP contribution in [0.2, 0.25) is 0 Å². The van der Waals surface area contributed by atoms with Gasteiger partial charge in [0.1, 0.15) is 0 Å². The number of hydrogen-bond donors (Lipinski definition) is 1. The summed E-state index contributed by atoms with van der Waals surface area (Å²) in [5.74, 6) is 1.50. The molecule has 2 atom stereocenters. The van der Waals surface area contributed by atoms with E-state index in [4.69, 9.17) is 0 Å². The minimum atomic E-state index is 0.489. The van der Waals surface area contributed by atoms with Crippen LogP contribution < -0.4 is 5.32 Å². The van der Waals surface area contributed by atoms with Crippen molar-refractivity contribution in [1.29, 1.82) is 0 Å². The van der Waals surface area contributed by atoms with E-state index in [-0.39, 0.29) is 0 Å². The van der Waals surface area contributed by atoms with E-state index in [0.717, 1.165) is 18.9 Å². The summed E-state index contributed by atoms with van der Waals surface area (Å²) in [6.07, 6.45) is 5.17. The highest BCUT2D eigenvalue weighted by molar-refractivity contribution is 5.27. The molecule has 2 unspecified atom stereocenters. The first-order chi connectivity index (χ1) is 9.91. The van der Waals surface area contributed by atoms with Gasteiger partial charge in [-0.2, -0.15) is 0 Å². The molecule has 0 aliphatic heterocycles. The second-order valence-electron chi connectivity index (χ2n) is 7.93. The molecular formula is C20H33N. The van der Waals surface area contributed by atoms with Gasteiger partial charge in [-0.1, -0.05) is 58.9 Å². The van der Waals surface area contributed by atoms with Gasteiger partial charge < -0.3 is 5.32 Å². The van der Waals surface area contributed by atoms with Crippen molar-refractivity contribution in [2.24, 2.45) is 11.3 Å². The number of nitrogens with one attached hydrogen (secondary N) is 1. The molecule has 1 nitrogen and oxygen atoms in total. The van der Waals surface area contributed by atoms with Crippen LogP contribution in [-0.4, -0.2) is 12.6 Å². The summed E-state index contributed by atoms with van der Waals surface area (Å²) in [5, 5.41) is 3.66. The average molecular weight is 287 g/mol. The van der Waals surface area contributed by atoms with E-state index in [1.54, 1.807) is 5.56 Å². The highest BCUT2D eigenvalue weighted by Crippen LogP contribution is 2.46. The van der Waals surface area contributed by atoms with Crippen LogP contribution in [-0.2, 0) is 6.42 Å². The molecule has 2 rings (SSSR count). The van der Waals surface area contributed by atoms with Crippen LogP contribution in [0.5, 0.6) is 0 Å². The summed E-state index contributed by atoms with van der Waals surface area (Å²) in [4.78, 5) is 0. The van der Waals surface area contributed by atoms with Crippen molar-refractivity contribution < 1.29 is 0 Å². The Kier molecular flexibility index (Phi) is 5.48. The molecule has 21 heavy (non-hydrogen) atoms. The smallest absolute Gasteiger partial charge is 0.00104 e. The Morgan fingerprint density at radius 3 is 2.43 bits per heavy atom. The molecule has 1 saturated carbocycles. The molecule has 1 heteroatoms. The quantitative estimate of drug-likeness (QED) is 0.789. The Balaban J connectivity index is 2.15. The molecule has 1 fully saturated rings. The first-order valence-corrected chi connectivity index (χ1v) is 8.73. The van der Waals surface area contributed by atoms with Gasteiger partial charge in [0.15, 0.2) is 0 Å². The summed E-state index contributed by atoms with van der Waals surface area (Å²) in [5.41, 5.74) is 3.49. The zero-order valence-electron chi connectivity index (χ0n) is 14.6. The number of benzene rings is 1. The third kappa shape index (κ3) is 4.57. The van der Waals surface area contributed by atoms with Gasteiger partial charge in [-0.05, 0) is 60.6 Å². The van der Waals surface area contributed by atoms with Gasteiger partial charge in [0, 0.05) is 6.04 Å². The second-order valence-corrected chi connectivity index (χ2v) is 7.93. The molecule has 1 aromatic carbocycles. The van der Waals surface area contributed by atoms with Crippen LogP contribution in [0.15, 0.2) is 24.3 Å². The van der Waals surface area contributed by atoms with E-state index < -0.39 is 0 Å². The predicted molar refractivity (Wildman–Crippen MR) is 92.8 cm³/mol. The highest BCUT2D eigenvalue weighted by atomic mass is 14.9. The Hall–Kier alpha value is -0.820. The first-order valence-electron chi connectivity index (χ1n) is 8.73. The lowest BCUT2D eigenvalue weighted by Gasteiger charge is -2.41. The summed E-state index contributed by atoms with van der Waals surface area (Å²) in [6, 6.07) is 10.00. The topological polar surface area (TPSA) is 12.0 Å². The monoisotopic (exact) mass is 287 g/mol. The lowest BCUT2D eigenvalue weighted by molar-refractivity contribution is 0.158. The number of aryl methyl sites for hydroxylation is 1. The van der Waals surface area contributed by atoms with Crippen LogP contribution in [0, 0.1) is 11.3 Å². The molecule has 1 aliphatic rings. The van der Waals surface area contributed by atoms with Crippen molar-refractivity contribution in [3.63, 3.8) is 0 Å². The molecule has 118 valence electrons. The molecule has 1 aromatic rings. The van der Waals surface area contributed by atoms with Crippen molar-refractivity contribution in [1.82, 2.24) is 5.32 Å². The fourth-order valence-electron chi connectivity index (χ4n) is 3.66. The minimum Gasteiger partial charge on any atom is -0.314 e. The van der Waals surface area contributed by atoms with Crippen molar-refractivity contribution in [2.45, 2.75) is 72.3 Å². The molecule has 0 saturated heterocycles. The molecule has 1 N–H and O–H groups in total. The van der Waals surface area contributed by atoms with E-state index in [1.807, 2.05) is 0 Å². The van der Waals surface area contributed by atoms with Crippen molar-refractivity contribution in [2.75, 3.05) is 6.54 Å². The Labute approximate surface area is 131 Å². The van der Waals surface area contributed by atoms with Crippen LogP contribution in [0.4, 0.5) is 0 Å². The zero-order valence-corrected chi connectivity index (χ0v) is 14.6. The maximum absolute atomic E-state index is 3.66. The van der Waals surface area contributed by atoms with Crippen molar-refractivity contribution in [3.8, 4) is 0 Å². The molecule has 0 amide bonds. The van der Waals surface area contributed by atoms with E-state index in [2.05, 4.69) is 64.2 Å². The number of rotatable bonds is 5. The molecule has 0 radical (unpaired) electrons. The van der Waals surface area contributed by atoms with E-state index in [9.17, 15) is 0 Å². The maximum Gasteiger partial charge on any atom is 0.00104 e. The van der Waals surface area contributed by atoms with Gasteiger partial charge in [0.25, 0.3) is 0 Å². The second kappa shape index (κ2) is 6.96. The average Bonchev–Trinajstić information content (AvgIpc) is 2.45. The summed E-state index contributed by atoms with van der Waals surface area (Å²) in [7, 11) is 0. The maximum atomic E-state index is 3.66. The van der Waals surface area contributed by atoms with E-state index in [1.165, 1.54) is 24.8 Å². The molecule has 1 aliphatic carbocycles. The molecule has 0 spiro atoms. The van der Waals surface area contributed by atoms with Gasteiger partial charge in [-0.25, -0.2) is 0 Å². The van der Waals surface area contributed by atoms with E-state index in [0.29, 0.717) is 17.4 Å². The van der Waals surface area contributed by atoms with Gasteiger partial charge in [-0.3, -0.25) is 0 Å². The predicted octanol–water partition coefficient (Wildman–Crippen LogP) is 5.16. The van der Waals surface area contributed by atoms with Gasteiger partial charge in [0.05, 0.1) is 0 Å². The zero-order chi connectivity index (χ0) is 15.5. The number of hydrogen-bond acceptors (Lipinski definition) is 1. The summed E-state index contributed by atoms with van der Waals surface area (Å²) < 4.78 is 0. The summed E-state index contributed by atoms with van der Waals surface area (Å²) >= 11 is 0. The minimum absolute atomic E-state index is 0.489. The SMILES string of the molecule is CCc1ccc(C2CC(C)(C)CCC2CNC(C)C)cc1. The lowest BCUT2D eigenvalue weighted by Crippen LogP contribution is -2.37. The Morgan fingerprint density at radius 1 is 1.19 bits per heavy atom. The Bertz CT molecular complexity index is 428. The van der Waals surface area contributed by atoms with Gasteiger partial charge in [0.2, 0.25) is 0 Å². The van der Waals surface area contributed by atoms with Gasteiger partial charge in [-0.15, -0.1) is 0 Å². The van der Waals surface area contributed by atoms with Crippen molar-refractivity contribution in [3.05, 3.63) is 35.4 Å².